The van der Waals surface area contributed by atoms with Crippen LogP contribution < -0.4 is 0 Å². The Labute approximate surface area is 111 Å². The number of halogens is 1. The molecular weight excluding hydrogens is 239 g/mol. The Bertz CT molecular complexity index is 685. The summed E-state index contributed by atoms with van der Waals surface area (Å²) in [5.41, 5.74) is 3.92. The molecule has 0 aliphatic heterocycles. The minimum atomic E-state index is -0.228. The highest BCUT2D eigenvalue weighted by Gasteiger charge is 2.08. The van der Waals surface area contributed by atoms with Crippen molar-refractivity contribution in [3.63, 3.8) is 0 Å². The molecule has 0 spiro atoms. The Kier molecular flexibility index (Phi) is 2.88. The first-order chi connectivity index (χ1) is 9.24. The van der Waals surface area contributed by atoms with Crippen LogP contribution in [-0.2, 0) is 7.05 Å². The van der Waals surface area contributed by atoms with Gasteiger partial charge in [0, 0.05) is 12.6 Å². The van der Waals surface area contributed by atoms with E-state index in [4.69, 9.17) is 0 Å². The Morgan fingerprint density at radius 1 is 0.895 bits per heavy atom. The number of aromatic nitrogens is 2. The summed E-state index contributed by atoms with van der Waals surface area (Å²) in [5.74, 6) is -0.228. The van der Waals surface area contributed by atoms with Crippen molar-refractivity contribution in [2.24, 2.45) is 7.05 Å². The molecule has 0 saturated carbocycles. The predicted molar refractivity (Wildman–Crippen MR) is 74.0 cm³/mol. The van der Waals surface area contributed by atoms with Gasteiger partial charge < -0.3 is 0 Å². The van der Waals surface area contributed by atoms with Gasteiger partial charge >= 0.3 is 0 Å². The number of hydrogen-bond acceptors (Lipinski definition) is 1. The molecule has 0 aliphatic carbocycles. The topological polar surface area (TPSA) is 17.8 Å². The van der Waals surface area contributed by atoms with E-state index in [0.717, 1.165) is 22.5 Å². The van der Waals surface area contributed by atoms with Gasteiger partial charge in [-0.3, -0.25) is 4.68 Å². The maximum absolute atomic E-state index is 13.0. The molecule has 0 atom stereocenters. The maximum Gasteiger partial charge on any atom is 0.123 e. The van der Waals surface area contributed by atoms with E-state index in [1.165, 1.54) is 12.1 Å². The van der Waals surface area contributed by atoms with Crippen molar-refractivity contribution in [3.05, 3.63) is 66.5 Å². The van der Waals surface area contributed by atoms with Crippen molar-refractivity contribution in [2.75, 3.05) is 0 Å². The number of benzene rings is 2. The number of rotatable bonds is 2. The van der Waals surface area contributed by atoms with Crippen LogP contribution in [0.1, 0.15) is 0 Å². The van der Waals surface area contributed by atoms with Crippen LogP contribution >= 0.6 is 0 Å². The summed E-state index contributed by atoms with van der Waals surface area (Å²) in [4.78, 5) is 0. The van der Waals surface area contributed by atoms with E-state index in [1.807, 2.05) is 48.1 Å². The van der Waals surface area contributed by atoms with E-state index in [-0.39, 0.29) is 5.82 Å². The third-order valence-electron chi connectivity index (χ3n) is 3.09. The zero-order valence-electron chi connectivity index (χ0n) is 10.5. The lowest BCUT2D eigenvalue weighted by atomic mass is 10.1. The molecule has 19 heavy (non-hydrogen) atoms. The second kappa shape index (κ2) is 4.69. The normalized spacial score (nSPS) is 10.6. The zero-order chi connectivity index (χ0) is 13.2. The third-order valence-corrected chi connectivity index (χ3v) is 3.09. The molecule has 3 aromatic rings. The van der Waals surface area contributed by atoms with Gasteiger partial charge in [0.05, 0.1) is 11.4 Å². The van der Waals surface area contributed by atoms with Crippen LogP contribution in [0.15, 0.2) is 60.7 Å². The number of nitrogens with zero attached hydrogens (tertiary/aromatic N) is 2. The summed E-state index contributed by atoms with van der Waals surface area (Å²) in [6.45, 7) is 0. The van der Waals surface area contributed by atoms with Gasteiger partial charge in [-0.05, 0) is 35.9 Å². The first kappa shape index (κ1) is 11.7. The van der Waals surface area contributed by atoms with Crippen molar-refractivity contribution >= 4 is 0 Å². The van der Waals surface area contributed by atoms with E-state index < -0.39 is 0 Å². The summed E-state index contributed by atoms with van der Waals surface area (Å²) >= 11 is 0. The molecule has 2 nitrogen and oxygen atoms in total. The van der Waals surface area contributed by atoms with Crippen molar-refractivity contribution < 1.29 is 4.39 Å². The monoisotopic (exact) mass is 252 g/mol. The maximum atomic E-state index is 13.0. The van der Waals surface area contributed by atoms with Crippen molar-refractivity contribution in [2.45, 2.75) is 0 Å². The standard InChI is InChI=1S/C16H13FN2/c1-19-16(13-7-9-14(17)10-8-13)11-15(18-19)12-5-3-2-4-6-12/h2-11H,1H3. The lowest BCUT2D eigenvalue weighted by Gasteiger charge is -2.00. The molecule has 0 radical (unpaired) electrons. The molecule has 3 heteroatoms. The second-order valence-corrected chi connectivity index (χ2v) is 4.41. The van der Waals surface area contributed by atoms with Gasteiger partial charge in [-0.2, -0.15) is 5.10 Å². The fourth-order valence-electron chi connectivity index (χ4n) is 2.11. The minimum Gasteiger partial charge on any atom is -0.267 e. The predicted octanol–water partition coefficient (Wildman–Crippen LogP) is 3.89. The van der Waals surface area contributed by atoms with Gasteiger partial charge in [0.15, 0.2) is 0 Å². The van der Waals surface area contributed by atoms with Gasteiger partial charge in [0.2, 0.25) is 0 Å². The van der Waals surface area contributed by atoms with E-state index in [1.54, 1.807) is 12.1 Å². The van der Waals surface area contributed by atoms with Gasteiger partial charge in [-0.1, -0.05) is 30.3 Å². The van der Waals surface area contributed by atoms with Crippen LogP contribution in [0.25, 0.3) is 22.5 Å². The van der Waals surface area contributed by atoms with Gasteiger partial charge in [0.1, 0.15) is 5.82 Å². The number of hydrogen-bond donors (Lipinski definition) is 0. The van der Waals surface area contributed by atoms with E-state index >= 15 is 0 Å². The van der Waals surface area contributed by atoms with Gasteiger partial charge in [0.25, 0.3) is 0 Å². The molecule has 3 rings (SSSR count). The van der Waals surface area contributed by atoms with Crippen LogP contribution in [0.5, 0.6) is 0 Å². The Morgan fingerprint density at radius 2 is 1.58 bits per heavy atom. The van der Waals surface area contributed by atoms with Crippen molar-refractivity contribution in [3.8, 4) is 22.5 Å². The first-order valence-corrected chi connectivity index (χ1v) is 6.09. The highest BCUT2D eigenvalue weighted by molar-refractivity contribution is 5.68. The number of aryl methyl sites for hydroxylation is 1. The molecule has 2 aromatic carbocycles. The zero-order valence-corrected chi connectivity index (χ0v) is 10.5. The SMILES string of the molecule is Cn1nc(-c2ccccc2)cc1-c1ccc(F)cc1. The summed E-state index contributed by atoms with van der Waals surface area (Å²) < 4.78 is 14.8. The molecule has 0 amide bonds. The Morgan fingerprint density at radius 3 is 2.26 bits per heavy atom. The van der Waals surface area contributed by atoms with Crippen LogP contribution in [0.2, 0.25) is 0 Å². The van der Waals surface area contributed by atoms with E-state index in [0.29, 0.717) is 0 Å². The average Bonchev–Trinajstić information content (AvgIpc) is 2.83. The van der Waals surface area contributed by atoms with Gasteiger partial charge in [-0.25, -0.2) is 4.39 Å². The quantitative estimate of drug-likeness (QED) is 0.676. The summed E-state index contributed by atoms with van der Waals surface area (Å²) in [5, 5.41) is 4.50. The van der Waals surface area contributed by atoms with Crippen molar-refractivity contribution in [1.82, 2.24) is 9.78 Å². The molecule has 0 aliphatic rings. The summed E-state index contributed by atoms with van der Waals surface area (Å²) in [6.07, 6.45) is 0. The molecule has 0 fully saturated rings. The van der Waals surface area contributed by atoms with E-state index in [2.05, 4.69) is 5.10 Å². The highest BCUT2D eigenvalue weighted by Crippen LogP contribution is 2.25. The molecule has 94 valence electrons. The molecule has 0 unspecified atom stereocenters. The molecule has 1 heterocycles. The lowest BCUT2D eigenvalue weighted by Crippen LogP contribution is -1.93. The van der Waals surface area contributed by atoms with Crippen LogP contribution in [0, 0.1) is 5.82 Å². The Hall–Kier alpha value is -2.42. The van der Waals surface area contributed by atoms with E-state index in [9.17, 15) is 4.39 Å². The summed E-state index contributed by atoms with van der Waals surface area (Å²) in [6, 6.07) is 18.5. The Balaban J connectivity index is 2.05. The average molecular weight is 252 g/mol. The lowest BCUT2D eigenvalue weighted by molar-refractivity contribution is 0.628. The molecule has 0 saturated heterocycles. The third kappa shape index (κ3) is 2.27. The second-order valence-electron chi connectivity index (χ2n) is 4.41. The first-order valence-electron chi connectivity index (χ1n) is 6.09. The van der Waals surface area contributed by atoms with Crippen LogP contribution in [-0.4, -0.2) is 9.78 Å². The minimum absolute atomic E-state index is 0.228. The smallest absolute Gasteiger partial charge is 0.123 e. The summed E-state index contributed by atoms with van der Waals surface area (Å²) in [7, 11) is 1.89. The molecule has 0 bridgehead atoms. The fourth-order valence-corrected chi connectivity index (χ4v) is 2.11. The molecular formula is C16H13FN2. The van der Waals surface area contributed by atoms with Crippen LogP contribution in [0.4, 0.5) is 4.39 Å². The largest absolute Gasteiger partial charge is 0.267 e. The van der Waals surface area contributed by atoms with Crippen LogP contribution in [0.3, 0.4) is 0 Å². The molecule has 1 aromatic heterocycles. The van der Waals surface area contributed by atoms with Crippen molar-refractivity contribution in [1.29, 1.82) is 0 Å². The van der Waals surface area contributed by atoms with Gasteiger partial charge in [-0.15, -0.1) is 0 Å². The fraction of sp³-hybridized carbons (Fsp3) is 0.0625. The molecule has 0 N–H and O–H groups in total. The highest BCUT2D eigenvalue weighted by atomic mass is 19.1.